The normalized spacial score (nSPS) is 13.9. The zero-order chi connectivity index (χ0) is 8.69. The van der Waals surface area contributed by atoms with Crippen molar-refractivity contribution in [3.8, 4) is 0 Å². The molecule has 0 spiro atoms. The summed E-state index contributed by atoms with van der Waals surface area (Å²) in [6, 6.07) is 0.414. The van der Waals surface area contributed by atoms with Gasteiger partial charge in [-0.25, -0.2) is 0 Å². The van der Waals surface area contributed by atoms with Crippen LogP contribution in [0, 0.1) is 5.92 Å². The lowest BCUT2D eigenvalue weighted by molar-refractivity contribution is 0.450. The second kappa shape index (κ2) is 6.99. The Kier molecular flexibility index (Phi) is 7.18. The number of unbranched alkanes of at least 4 members (excludes halogenated alkanes) is 1. The lowest BCUT2D eigenvalue weighted by atomic mass is 10.00. The molecule has 0 bridgehead atoms. The van der Waals surface area contributed by atoms with Gasteiger partial charge >= 0.3 is 0 Å². The summed E-state index contributed by atoms with van der Waals surface area (Å²) < 4.78 is 0. The third kappa shape index (κ3) is 6.70. The summed E-state index contributed by atoms with van der Waals surface area (Å²) in [5.74, 6) is 1.93. The standard InChI is InChI=1S/C9H21NS/c1-8(2)9(10)6-4-5-7-11-3/h8-9H,4-7,10H2,1-3H3. The van der Waals surface area contributed by atoms with E-state index in [2.05, 4.69) is 20.1 Å². The molecular formula is C9H21NS. The molecule has 0 saturated heterocycles. The molecule has 0 aromatic rings. The summed E-state index contributed by atoms with van der Waals surface area (Å²) in [5.41, 5.74) is 5.89. The number of hydrogen-bond acceptors (Lipinski definition) is 2. The molecule has 1 atom stereocenters. The summed E-state index contributed by atoms with van der Waals surface area (Å²) in [5, 5.41) is 0. The van der Waals surface area contributed by atoms with Crippen molar-refractivity contribution >= 4 is 11.8 Å². The SMILES string of the molecule is CSCCCCC(N)C(C)C. The van der Waals surface area contributed by atoms with Crippen LogP contribution in [0.25, 0.3) is 0 Å². The molecule has 1 unspecified atom stereocenters. The van der Waals surface area contributed by atoms with E-state index < -0.39 is 0 Å². The van der Waals surface area contributed by atoms with E-state index in [1.54, 1.807) is 0 Å². The zero-order valence-electron chi connectivity index (χ0n) is 7.97. The van der Waals surface area contributed by atoms with Gasteiger partial charge in [0.1, 0.15) is 0 Å². The van der Waals surface area contributed by atoms with Crippen LogP contribution in [0.1, 0.15) is 33.1 Å². The Hall–Kier alpha value is 0.310. The maximum absolute atomic E-state index is 5.89. The fourth-order valence-electron chi connectivity index (χ4n) is 0.960. The van der Waals surface area contributed by atoms with Crippen LogP contribution in [-0.2, 0) is 0 Å². The van der Waals surface area contributed by atoms with Crippen LogP contribution in [-0.4, -0.2) is 18.1 Å². The van der Waals surface area contributed by atoms with Crippen LogP contribution in [0.2, 0.25) is 0 Å². The van der Waals surface area contributed by atoms with E-state index in [0.717, 1.165) is 0 Å². The molecule has 0 heterocycles. The fraction of sp³-hybridized carbons (Fsp3) is 1.00. The molecule has 0 fully saturated rings. The average Bonchev–Trinajstić information content (AvgIpc) is 1.97. The summed E-state index contributed by atoms with van der Waals surface area (Å²) in [6.45, 7) is 4.39. The third-order valence-electron chi connectivity index (χ3n) is 1.99. The van der Waals surface area contributed by atoms with E-state index in [0.29, 0.717) is 12.0 Å². The molecule has 1 nitrogen and oxygen atoms in total. The fourth-order valence-corrected chi connectivity index (χ4v) is 1.45. The molecule has 0 aliphatic carbocycles. The minimum atomic E-state index is 0.414. The van der Waals surface area contributed by atoms with Crippen molar-refractivity contribution in [1.29, 1.82) is 0 Å². The smallest absolute Gasteiger partial charge is 0.00619 e. The van der Waals surface area contributed by atoms with E-state index in [-0.39, 0.29) is 0 Å². The molecule has 2 N–H and O–H groups in total. The number of thioether (sulfide) groups is 1. The Morgan fingerprint density at radius 1 is 1.27 bits per heavy atom. The van der Waals surface area contributed by atoms with Crippen molar-refractivity contribution in [2.75, 3.05) is 12.0 Å². The Morgan fingerprint density at radius 3 is 2.36 bits per heavy atom. The zero-order valence-corrected chi connectivity index (χ0v) is 8.79. The Bertz CT molecular complexity index is 83.6. The largest absolute Gasteiger partial charge is 0.327 e. The highest BCUT2D eigenvalue weighted by atomic mass is 32.2. The second-order valence-electron chi connectivity index (χ2n) is 3.40. The maximum Gasteiger partial charge on any atom is 0.00619 e. The first-order valence-corrected chi connectivity index (χ1v) is 5.82. The van der Waals surface area contributed by atoms with E-state index in [1.165, 1.54) is 25.0 Å². The highest BCUT2D eigenvalue weighted by Gasteiger charge is 2.05. The van der Waals surface area contributed by atoms with E-state index in [1.807, 2.05) is 11.8 Å². The summed E-state index contributed by atoms with van der Waals surface area (Å²) in [7, 11) is 0. The molecule has 0 rings (SSSR count). The number of hydrogen-bond donors (Lipinski definition) is 1. The van der Waals surface area contributed by atoms with Crippen LogP contribution < -0.4 is 5.73 Å². The van der Waals surface area contributed by atoms with Crippen LogP contribution in [0.15, 0.2) is 0 Å². The number of rotatable bonds is 6. The molecular weight excluding hydrogens is 154 g/mol. The third-order valence-corrected chi connectivity index (χ3v) is 2.69. The van der Waals surface area contributed by atoms with E-state index >= 15 is 0 Å². The minimum absolute atomic E-state index is 0.414. The summed E-state index contributed by atoms with van der Waals surface area (Å²) >= 11 is 1.92. The van der Waals surface area contributed by atoms with Gasteiger partial charge in [-0.05, 0) is 30.8 Å². The minimum Gasteiger partial charge on any atom is -0.327 e. The first-order valence-electron chi connectivity index (χ1n) is 4.43. The van der Waals surface area contributed by atoms with E-state index in [4.69, 9.17) is 5.73 Å². The lowest BCUT2D eigenvalue weighted by Crippen LogP contribution is -2.25. The highest BCUT2D eigenvalue weighted by molar-refractivity contribution is 7.98. The van der Waals surface area contributed by atoms with Crippen LogP contribution in [0.3, 0.4) is 0 Å². The molecule has 0 saturated carbocycles. The molecule has 0 aliphatic rings. The summed E-state index contributed by atoms with van der Waals surface area (Å²) in [6.07, 6.45) is 5.96. The van der Waals surface area contributed by atoms with Crippen molar-refractivity contribution < 1.29 is 0 Å². The first kappa shape index (κ1) is 11.3. The van der Waals surface area contributed by atoms with E-state index in [9.17, 15) is 0 Å². The van der Waals surface area contributed by atoms with Gasteiger partial charge < -0.3 is 5.73 Å². The summed E-state index contributed by atoms with van der Waals surface area (Å²) in [4.78, 5) is 0. The predicted octanol–water partition coefficient (Wildman–Crippen LogP) is 2.50. The molecule has 0 amide bonds. The van der Waals surface area contributed by atoms with Crippen molar-refractivity contribution in [2.45, 2.75) is 39.2 Å². The maximum atomic E-state index is 5.89. The first-order chi connectivity index (χ1) is 5.18. The van der Waals surface area contributed by atoms with Gasteiger partial charge in [0.05, 0.1) is 0 Å². The Morgan fingerprint density at radius 2 is 1.91 bits per heavy atom. The molecule has 0 aromatic carbocycles. The molecule has 0 radical (unpaired) electrons. The van der Waals surface area contributed by atoms with Gasteiger partial charge in [-0.15, -0.1) is 0 Å². The molecule has 2 heteroatoms. The van der Waals surface area contributed by atoms with Crippen molar-refractivity contribution in [2.24, 2.45) is 11.7 Å². The van der Waals surface area contributed by atoms with Gasteiger partial charge in [0, 0.05) is 6.04 Å². The Balaban J connectivity index is 3.10. The van der Waals surface area contributed by atoms with Crippen molar-refractivity contribution in [3.63, 3.8) is 0 Å². The lowest BCUT2D eigenvalue weighted by Gasteiger charge is -2.14. The van der Waals surface area contributed by atoms with Gasteiger partial charge in [-0.2, -0.15) is 11.8 Å². The molecule has 68 valence electrons. The second-order valence-corrected chi connectivity index (χ2v) is 4.38. The van der Waals surface area contributed by atoms with Gasteiger partial charge in [-0.3, -0.25) is 0 Å². The average molecular weight is 175 g/mol. The van der Waals surface area contributed by atoms with Crippen molar-refractivity contribution in [1.82, 2.24) is 0 Å². The van der Waals surface area contributed by atoms with Crippen molar-refractivity contribution in [3.05, 3.63) is 0 Å². The quantitative estimate of drug-likeness (QED) is 0.628. The van der Waals surface area contributed by atoms with Gasteiger partial charge in [0.15, 0.2) is 0 Å². The molecule has 0 aliphatic heterocycles. The monoisotopic (exact) mass is 175 g/mol. The molecule has 0 aromatic heterocycles. The van der Waals surface area contributed by atoms with Crippen LogP contribution in [0.4, 0.5) is 0 Å². The Labute approximate surface area is 75.1 Å². The van der Waals surface area contributed by atoms with Gasteiger partial charge in [-0.1, -0.05) is 20.3 Å². The predicted molar refractivity (Wildman–Crippen MR) is 55.0 cm³/mol. The molecule has 11 heavy (non-hydrogen) atoms. The topological polar surface area (TPSA) is 26.0 Å². The van der Waals surface area contributed by atoms with Gasteiger partial charge in [0.25, 0.3) is 0 Å². The number of nitrogens with two attached hydrogens (primary N) is 1. The van der Waals surface area contributed by atoms with Crippen LogP contribution >= 0.6 is 11.8 Å². The highest BCUT2D eigenvalue weighted by Crippen LogP contribution is 2.09. The van der Waals surface area contributed by atoms with Crippen LogP contribution in [0.5, 0.6) is 0 Å². The van der Waals surface area contributed by atoms with Gasteiger partial charge in [0.2, 0.25) is 0 Å².